The van der Waals surface area contributed by atoms with Gasteiger partial charge in [-0.1, -0.05) is 15.9 Å². The molecule has 1 fully saturated rings. The third-order valence-corrected chi connectivity index (χ3v) is 5.53. The average Bonchev–Trinajstić information content (AvgIpc) is 3.22. The van der Waals surface area contributed by atoms with Gasteiger partial charge in [-0.15, -0.1) is 0 Å². The Morgan fingerprint density at radius 2 is 2.33 bits per heavy atom. The Labute approximate surface area is 154 Å². The zero-order valence-corrected chi connectivity index (χ0v) is 15.8. The topological polar surface area (TPSA) is 49.8 Å². The number of carboxylic acids is 1. The molecule has 4 nitrogen and oxygen atoms in total. The van der Waals surface area contributed by atoms with Crippen molar-refractivity contribution in [3.8, 4) is 5.75 Å². The number of carboxylic acid groups (broad SMARTS) is 1. The molecule has 0 radical (unpaired) electrons. The minimum absolute atomic E-state index is 0.112. The molecule has 1 aromatic carbocycles. The molecule has 6 heteroatoms. The van der Waals surface area contributed by atoms with E-state index in [1.165, 1.54) is 0 Å². The third kappa shape index (κ3) is 3.50. The molecular formula is C18H20BrNO3S. The van der Waals surface area contributed by atoms with Gasteiger partial charge in [-0.05, 0) is 60.4 Å². The first kappa shape index (κ1) is 17.5. The fourth-order valence-corrected chi connectivity index (χ4v) is 4.42. The second kappa shape index (κ2) is 7.68. The van der Waals surface area contributed by atoms with Crippen molar-refractivity contribution in [2.24, 2.45) is 0 Å². The molecule has 24 heavy (non-hydrogen) atoms. The highest BCUT2D eigenvalue weighted by Crippen LogP contribution is 2.40. The summed E-state index contributed by atoms with van der Waals surface area (Å²) in [5, 5.41) is 13.8. The minimum atomic E-state index is -0.749. The Morgan fingerprint density at radius 1 is 1.50 bits per heavy atom. The summed E-state index contributed by atoms with van der Waals surface area (Å²) in [5.74, 6) is 0.0635. The molecule has 0 spiro atoms. The molecule has 0 saturated carbocycles. The van der Waals surface area contributed by atoms with Crippen molar-refractivity contribution >= 4 is 33.2 Å². The van der Waals surface area contributed by atoms with E-state index in [1.807, 2.05) is 30.5 Å². The second-order valence-electron chi connectivity index (χ2n) is 5.81. The van der Waals surface area contributed by atoms with Crippen molar-refractivity contribution in [1.29, 1.82) is 0 Å². The van der Waals surface area contributed by atoms with Crippen LogP contribution in [0.1, 0.15) is 36.9 Å². The summed E-state index contributed by atoms with van der Waals surface area (Å²) in [6.07, 6.45) is 1.59. The monoisotopic (exact) mass is 409 g/mol. The van der Waals surface area contributed by atoms with Crippen LogP contribution < -0.4 is 4.74 Å². The maximum Gasteiger partial charge on any atom is 0.320 e. The lowest BCUT2D eigenvalue weighted by atomic mass is 9.97. The largest absolute Gasteiger partial charge is 0.494 e. The molecule has 128 valence electrons. The van der Waals surface area contributed by atoms with Crippen molar-refractivity contribution in [3.63, 3.8) is 0 Å². The van der Waals surface area contributed by atoms with Crippen molar-refractivity contribution < 1.29 is 14.6 Å². The number of thiophene rings is 1. The summed E-state index contributed by atoms with van der Waals surface area (Å²) in [6, 6.07) is 7.46. The molecule has 1 aliphatic rings. The fraction of sp³-hybridized carbons (Fsp3) is 0.389. The highest BCUT2D eigenvalue weighted by Gasteiger charge is 2.38. The van der Waals surface area contributed by atoms with Gasteiger partial charge in [0.25, 0.3) is 0 Å². The van der Waals surface area contributed by atoms with E-state index in [9.17, 15) is 9.90 Å². The quantitative estimate of drug-likeness (QED) is 0.759. The van der Waals surface area contributed by atoms with E-state index >= 15 is 0 Å². The summed E-state index contributed by atoms with van der Waals surface area (Å²) in [6.45, 7) is 3.31. The molecule has 1 aliphatic heterocycles. The van der Waals surface area contributed by atoms with Crippen LogP contribution in [0, 0.1) is 0 Å². The van der Waals surface area contributed by atoms with Gasteiger partial charge < -0.3 is 9.84 Å². The summed E-state index contributed by atoms with van der Waals surface area (Å²) in [5.41, 5.74) is 2.13. The summed E-state index contributed by atoms with van der Waals surface area (Å²) >= 11 is 5.17. The number of rotatable bonds is 6. The Morgan fingerprint density at radius 3 is 3.00 bits per heavy atom. The molecule has 2 heterocycles. The number of likely N-dealkylation sites (tertiary alicyclic amines) is 1. The number of hydrogen-bond acceptors (Lipinski definition) is 4. The van der Waals surface area contributed by atoms with Crippen LogP contribution >= 0.6 is 27.3 Å². The van der Waals surface area contributed by atoms with Gasteiger partial charge in [0.2, 0.25) is 0 Å². The molecule has 0 amide bonds. The highest BCUT2D eigenvalue weighted by atomic mass is 79.9. The summed E-state index contributed by atoms with van der Waals surface area (Å²) < 4.78 is 6.80. The predicted octanol–water partition coefficient (Wildman–Crippen LogP) is 4.55. The van der Waals surface area contributed by atoms with Crippen LogP contribution in [0.4, 0.5) is 0 Å². The second-order valence-corrected chi connectivity index (χ2v) is 7.50. The van der Waals surface area contributed by atoms with Gasteiger partial charge in [0.05, 0.1) is 12.6 Å². The maximum atomic E-state index is 11.7. The van der Waals surface area contributed by atoms with Crippen molar-refractivity contribution in [2.45, 2.75) is 31.8 Å². The van der Waals surface area contributed by atoms with Crippen LogP contribution in [0.5, 0.6) is 5.75 Å². The molecule has 0 aliphatic carbocycles. The maximum absolute atomic E-state index is 11.7. The third-order valence-electron chi connectivity index (χ3n) is 4.34. The van der Waals surface area contributed by atoms with E-state index in [0.29, 0.717) is 13.0 Å². The van der Waals surface area contributed by atoms with Crippen molar-refractivity contribution in [3.05, 3.63) is 50.6 Å². The Hall–Kier alpha value is -1.37. The van der Waals surface area contributed by atoms with Gasteiger partial charge in [-0.25, -0.2) is 0 Å². The molecule has 1 saturated heterocycles. The Kier molecular flexibility index (Phi) is 5.58. The molecule has 2 atom stereocenters. The van der Waals surface area contributed by atoms with E-state index in [0.717, 1.165) is 34.3 Å². The SMILES string of the molecule is CCOc1ccc(Br)cc1C(c1ccsc1)N1CCCC1C(=O)O. The molecule has 0 bridgehead atoms. The lowest BCUT2D eigenvalue weighted by molar-refractivity contribution is -0.142. The molecule has 2 aromatic rings. The van der Waals surface area contributed by atoms with E-state index < -0.39 is 12.0 Å². The van der Waals surface area contributed by atoms with Gasteiger partial charge >= 0.3 is 5.97 Å². The van der Waals surface area contributed by atoms with E-state index in [2.05, 4.69) is 32.3 Å². The van der Waals surface area contributed by atoms with Crippen LogP contribution in [0.3, 0.4) is 0 Å². The van der Waals surface area contributed by atoms with Crippen LogP contribution in [0.25, 0.3) is 0 Å². The molecule has 1 N–H and O–H groups in total. The lowest BCUT2D eigenvalue weighted by Gasteiger charge is -2.32. The summed E-state index contributed by atoms with van der Waals surface area (Å²) in [4.78, 5) is 13.8. The van der Waals surface area contributed by atoms with Crippen LogP contribution in [0.15, 0.2) is 39.5 Å². The number of aliphatic carboxylic acids is 1. The van der Waals surface area contributed by atoms with Crippen molar-refractivity contribution in [1.82, 2.24) is 4.90 Å². The van der Waals surface area contributed by atoms with Gasteiger partial charge in [0, 0.05) is 16.6 Å². The van der Waals surface area contributed by atoms with Gasteiger partial charge in [0.15, 0.2) is 0 Å². The highest BCUT2D eigenvalue weighted by molar-refractivity contribution is 9.10. The number of ether oxygens (including phenoxy) is 1. The van der Waals surface area contributed by atoms with Crippen LogP contribution in [0.2, 0.25) is 0 Å². The van der Waals surface area contributed by atoms with E-state index in [1.54, 1.807) is 11.3 Å². The zero-order valence-electron chi connectivity index (χ0n) is 13.4. The van der Waals surface area contributed by atoms with Gasteiger partial charge in [-0.3, -0.25) is 9.69 Å². The smallest absolute Gasteiger partial charge is 0.320 e. The molecular weight excluding hydrogens is 390 g/mol. The van der Waals surface area contributed by atoms with E-state index in [-0.39, 0.29) is 6.04 Å². The molecule has 1 aromatic heterocycles. The number of halogens is 1. The first-order valence-corrected chi connectivity index (χ1v) is 9.78. The first-order chi connectivity index (χ1) is 11.6. The zero-order chi connectivity index (χ0) is 17.1. The Balaban J connectivity index is 2.10. The Bertz CT molecular complexity index is 704. The average molecular weight is 410 g/mol. The standard InChI is InChI=1S/C18H20BrNO3S/c1-2-23-16-6-5-13(19)10-14(16)17(12-7-9-24-11-12)20-8-3-4-15(20)18(21)22/h5-7,9-11,15,17H,2-4,8H2,1H3,(H,21,22). The van der Waals surface area contributed by atoms with Crippen LogP contribution in [-0.4, -0.2) is 35.2 Å². The lowest BCUT2D eigenvalue weighted by Crippen LogP contribution is -2.39. The number of hydrogen-bond donors (Lipinski definition) is 1. The normalized spacial score (nSPS) is 19.3. The number of benzene rings is 1. The van der Waals surface area contributed by atoms with Crippen molar-refractivity contribution in [2.75, 3.05) is 13.2 Å². The fourth-order valence-electron chi connectivity index (χ4n) is 3.36. The first-order valence-electron chi connectivity index (χ1n) is 8.04. The van der Waals surface area contributed by atoms with Crippen LogP contribution in [-0.2, 0) is 4.79 Å². The van der Waals surface area contributed by atoms with Gasteiger partial charge in [0.1, 0.15) is 11.8 Å². The van der Waals surface area contributed by atoms with Gasteiger partial charge in [-0.2, -0.15) is 11.3 Å². The summed E-state index contributed by atoms with van der Waals surface area (Å²) in [7, 11) is 0. The van der Waals surface area contributed by atoms with E-state index in [4.69, 9.17) is 4.74 Å². The molecule has 3 rings (SSSR count). The number of nitrogens with zero attached hydrogens (tertiary/aromatic N) is 1. The number of carbonyl (C=O) groups is 1. The minimum Gasteiger partial charge on any atom is -0.494 e. The molecule has 2 unspecified atom stereocenters. The predicted molar refractivity (Wildman–Crippen MR) is 98.8 cm³/mol.